The molecule has 7 rings (SSSR count). The normalized spacial score (nSPS) is 11.2. The SMILES string of the molecule is N#Cc1ccc(-n2c(-c3ccccc3)c3c4ccccc4c(-c4ccccc4)c-3c3ccccc32)cc1. The molecule has 172 valence electrons. The van der Waals surface area contributed by atoms with Gasteiger partial charge in [-0.2, -0.15) is 5.26 Å². The molecule has 0 aromatic heterocycles. The van der Waals surface area contributed by atoms with Gasteiger partial charge in [0.15, 0.2) is 0 Å². The zero-order valence-electron chi connectivity index (χ0n) is 20.1. The van der Waals surface area contributed by atoms with Crippen molar-refractivity contribution in [3.05, 3.63) is 139 Å². The molecule has 0 bridgehead atoms. The van der Waals surface area contributed by atoms with Crippen molar-refractivity contribution in [1.29, 1.82) is 5.26 Å². The van der Waals surface area contributed by atoms with E-state index in [1.54, 1.807) is 0 Å². The second-order valence-corrected chi connectivity index (χ2v) is 9.26. The van der Waals surface area contributed by atoms with Crippen LogP contribution in [-0.2, 0) is 0 Å². The Morgan fingerprint density at radius 1 is 0.459 bits per heavy atom. The molecule has 2 nitrogen and oxygen atoms in total. The van der Waals surface area contributed by atoms with E-state index >= 15 is 0 Å². The van der Waals surface area contributed by atoms with Crippen LogP contribution in [0.5, 0.6) is 0 Å². The Bertz CT molecular complexity index is 1910. The summed E-state index contributed by atoms with van der Waals surface area (Å²) >= 11 is 0. The van der Waals surface area contributed by atoms with Gasteiger partial charge in [-0.1, -0.05) is 103 Å². The molecule has 1 heterocycles. The maximum Gasteiger partial charge on any atom is 0.0991 e. The van der Waals surface area contributed by atoms with E-state index < -0.39 is 0 Å². The summed E-state index contributed by atoms with van der Waals surface area (Å²) in [6.07, 6.45) is 0. The minimum Gasteiger partial charge on any atom is -0.309 e. The molecule has 5 aromatic rings. The van der Waals surface area contributed by atoms with Crippen molar-refractivity contribution in [3.63, 3.8) is 0 Å². The molecule has 0 saturated carbocycles. The minimum atomic E-state index is 0.654. The van der Waals surface area contributed by atoms with Crippen LogP contribution in [0.15, 0.2) is 133 Å². The van der Waals surface area contributed by atoms with E-state index in [-0.39, 0.29) is 0 Å². The van der Waals surface area contributed by atoms with Crippen molar-refractivity contribution in [2.75, 3.05) is 0 Å². The molecule has 2 heteroatoms. The second kappa shape index (κ2) is 8.52. The Labute approximate surface area is 215 Å². The van der Waals surface area contributed by atoms with Crippen LogP contribution in [0.1, 0.15) is 5.56 Å². The molecule has 0 unspecified atom stereocenters. The lowest BCUT2D eigenvalue weighted by Gasteiger charge is -2.24. The number of hydrogen-bond acceptors (Lipinski definition) is 1. The molecular formula is C35H22N2. The summed E-state index contributed by atoms with van der Waals surface area (Å²) in [5.74, 6) is 0. The highest BCUT2D eigenvalue weighted by Crippen LogP contribution is 2.52. The predicted molar refractivity (Wildman–Crippen MR) is 153 cm³/mol. The highest BCUT2D eigenvalue weighted by Gasteiger charge is 2.28. The Morgan fingerprint density at radius 2 is 1.00 bits per heavy atom. The maximum absolute atomic E-state index is 9.42. The molecule has 1 aliphatic heterocycles. The highest BCUT2D eigenvalue weighted by atomic mass is 15.0. The topological polar surface area (TPSA) is 28.7 Å². The summed E-state index contributed by atoms with van der Waals surface area (Å²) in [4.78, 5) is 0. The third-order valence-corrected chi connectivity index (χ3v) is 7.20. The standard InChI is InChI=1S/C35H22N2/c36-23-24-19-21-27(22-20-24)37-31-18-10-9-17-30(31)33-32(25-11-3-1-4-12-25)28-15-7-8-16-29(28)34(33)35(37)26-13-5-2-6-14-26/h1-22H. The molecule has 2 aliphatic rings. The van der Waals surface area contributed by atoms with Gasteiger partial charge in [-0.25, -0.2) is 0 Å². The number of rotatable bonds is 3. The summed E-state index contributed by atoms with van der Waals surface area (Å²) in [7, 11) is 0. The number of benzene rings is 5. The molecule has 0 radical (unpaired) electrons. The van der Waals surface area contributed by atoms with Crippen LogP contribution in [-0.4, -0.2) is 4.57 Å². The molecule has 5 aromatic carbocycles. The average molecular weight is 471 g/mol. The van der Waals surface area contributed by atoms with Crippen LogP contribution in [0.4, 0.5) is 0 Å². The summed E-state index contributed by atoms with van der Waals surface area (Å²) in [5.41, 5.74) is 10.1. The molecule has 1 aliphatic carbocycles. The smallest absolute Gasteiger partial charge is 0.0991 e. The van der Waals surface area contributed by atoms with E-state index in [2.05, 4.69) is 120 Å². The summed E-state index contributed by atoms with van der Waals surface area (Å²) in [6.45, 7) is 0. The molecule has 0 spiro atoms. The Kier molecular flexibility index (Phi) is 4.87. The van der Waals surface area contributed by atoms with Crippen molar-refractivity contribution in [1.82, 2.24) is 4.57 Å². The molecule has 0 N–H and O–H groups in total. The minimum absolute atomic E-state index is 0.654. The lowest BCUT2D eigenvalue weighted by molar-refractivity contribution is 1.11. The summed E-state index contributed by atoms with van der Waals surface area (Å²) < 4.78 is 2.36. The highest BCUT2D eigenvalue weighted by molar-refractivity contribution is 6.24. The Balaban J connectivity index is 1.76. The van der Waals surface area contributed by atoms with Crippen LogP contribution >= 0.6 is 0 Å². The van der Waals surface area contributed by atoms with Gasteiger partial charge < -0.3 is 4.57 Å². The first-order chi connectivity index (χ1) is 18.3. The third kappa shape index (κ3) is 3.26. The van der Waals surface area contributed by atoms with Crippen LogP contribution in [0.25, 0.3) is 60.9 Å². The van der Waals surface area contributed by atoms with Crippen LogP contribution in [0, 0.1) is 11.3 Å². The van der Waals surface area contributed by atoms with Crippen LogP contribution in [0.3, 0.4) is 0 Å². The van der Waals surface area contributed by atoms with Gasteiger partial charge in [0.2, 0.25) is 0 Å². The first-order valence-corrected chi connectivity index (χ1v) is 12.4. The number of hydrogen-bond donors (Lipinski definition) is 0. The van der Waals surface area contributed by atoms with E-state index in [9.17, 15) is 5.26 Å². The first-order valence-electron chi connectivity index (χ1n) is 12.4. The first kappa shape index (κ1) is 21.2. The fourth-order valence-corrected chi connectivity index (χ4v) is 5.67. The zero-order chi connectivity index (χ0) is 24.8. The number of para-hydroxylation sites is 1. The lowest BCUT2D eigenvalue weighted by Crippen LogP contribution is -2.05. The lowest BCUT2D eigenvalue weighted by atomic mass is 9.91. The van der Waals surface area contributed by atoms with Gasteiger partial charge in [0, 0.05) is 22.2 Å². The second-order valence-electron chi connectivity index (χ2n) is 9.26. The van der Waals surface area contributed by atoms with E-state index in [0.717, 1.165) is 22.5 Å². The van der Waals surface area contributed by atoms with Crippen molar-refractivity contribution in [2.24, 2.45) is 0 Å². The summed E-state index contributed by atoms with van der Waals surface area (Å²) in [6, 6.07) is 48.9. The predicted octanol–water partition coefficient (Wildman–Crippen LogP) is 9.09. The molecule has 0 amide bonds. The van der Waals surface area contributed by atoms with Crippen LogP contribution < -0.4 is 0 Å². The van der Waals surface area contributed by atoms with Gasteiger partial charge in [0.05, 0.1) is 22.8 Å². The zero-order valence-corrected chi connectivity index (χ0v) is 20.1. The van der Waals surface area contributed by atoms with Crippen molar-refractivity contribution in [3.8, 4) is 45.3 Å². The monoisotopic (exact) mass is 470 g/mol. The van der Waals surface area contributed by atoms with Gasteiger partial charge in [-0.05, 0) is 57.8 Å². The fourth-order valence-electron chi connectivity index (χ4n) is 5.67. The van der Waals surface area contributed by atoms with Gasteiger partial charge >= 0.3 is 0 Å². The molecule has 0 atom stereocenters. The molecule has 37 heavy (non-hydrogen) atoms. The third-order valence-electron chi connectivity index (χ3n) is 7.20. The van der Waals surface area contributed by atoms with E-state index in [1.807, 2.05) is 24.3 Å². The van der Waals surface area contributed by atoms with Gasteiger partial charge in [-0.3, -0.25) is 0 Å². The van der Waals surface area contributed by atoms with Gasteiger partial charge in [-0.15, -0.1) is 0 Å². The van der Waals surface area contributed by atoms with Gasteiger partial charge in [0.25, 0.3) is 0 Å². The average Bonchev–Trinajstić information content (AvgIpc) is 3.33. The van der Waals surface area contributed by atoms with Crippen molar-refractivity contribution in [2.45, 2.75) is 0 Å². The number of nitrogens with zero attached hydrogens (tertiary/aromatic N) is 2. The molecule has 0 saturated heterocycles. The van der Waals surface area contributed by atoms with Crippen molar-refractivity contribution < 1.29 is 0 Å². The largest absolute Gasteiger partial charge is 0.309 e. The summed E-state index contributed by atoms with van der Waals surface area (Å²) in [5, 5.41) is 13.1. The quantitative estimate of drug-likeness (QED) is 0.253. The van der Waals surface area contributed by atoms with Crippen LogP contribution in [0.2, 0.25) is 0 Å². The van der Waals surface area contributed by atoms with E-state index in [1.165, 1.54) is 38.4 Å². The number of pyridine rings is 1. The number of nitriles is 1. The molecular weight excluding hydrogens is 448 g/mol. The number of fused-ring (bicyclic) bond motifs is 5. The van der Waals surface area contributed by atoms with E-state index in [0.29, 0.717) is 5.56 Å². The fraction of sp³-hybridized carbons (Fsp3) is 0. The molecule has 0 fully saturated rings. The maximum atomic E-state index is 9.42. The number of aromatic nitrogens is 1. The Hall–Kier alpha value is -5.13. The van der Waals surface area contributed by atoms with Gasteiger partial charge in [0.1, 0.15) is 0 Å². The Morgan fingerprint density at radius 3 is 1.65 bits per heavy atom. The van der Waals surface area contributed by atoms with Crippen molar-refractivity contribution >= 4 is 21.7 Å². The van der Waals surface area contributed by atoms with E-state index in [4.69, 9.17) is 0 Å².